The number of rotatable bonds is 4. The highest BCUT2D eigenvalue weighted by Gasteiger charge is 2.37. The van der Waals surface area contributed by atoms with E-state index in [2.05, 4.69) is 4.98 Å². The molecule has 2 atom stereocenters. The van der Waals surface area contributed by atoms with Crippen molar-refractivity contribution in [3.05, 3.63) is 65.1 Å². The molecule has 0 fully saturated rings. The average Bonchev–Trinajstić information content (AvgIpc) is 3.19. The van der Waals surface area contributed by atoms with Gasteiger partial charge in [0.25, 0.3) is 0 Å². The van der Waals surface area contributed by atoms with Gasteiger partial charge in [0.15, 0.2) is 23.8 Å². The van der Waals surface area contributed by atoms with Crippen LogP contribution in [0.2, 0.25) is 0 Å². The first kappa shape index (κ1) is 18.0. The van der Waals surface area contributed by atoms with Gasteiger partial charge in [0.1, 0.15) is 11.8 Å². The fourth-order valence-electron chi connectivity index (χ4n) is 3.54. The number of benzene rings is 1. The van der Waals surface area contributed by atoms with E-state index in [9.17, 15) is 9.59 Å². The topological polar surface area (TPSA) is 73.1 Å². The number of hydrogen-bond donors (Lipinski definition) is 0. The molecule has 4 rings (SSSR count). The monoisotopic (exact) mass is 379 g/mol. The number of fused-ring (bicyclic) bond motifs is 2. The summed E-state index contributed by atoms with van der Waals surface area (Å²) in [5, 5.41) is 0. The average molecular weight is 379 g/mol. The number of pyridine rings is 1. The summed E-state index contributed by atoms with van der Waals surface area (Å²) in [6, 6.07) is 11.5. The Morgan fingerprint density at radius 2 is 2.04 bits per heavy atom. The zero-order valence-corrected chi connectivity index (χ0v) is 16.0. The van der Waals surface area contributed by atoms with E-state index in [0.717, 1.165) is 17.4 Å². The zero-order chi connectivity index (χ0) is 19.8. The van der Waals surface area contributed by atoms with Crippen LogP contribution >= 0.6 is 0 Å². The minimum absolute atomic E-state index is 0.412. The normalized spacial score (nSPS) is 18.0. The van der Waals surface area contributed by atoms with E-state index in [4.69, 9.17) is 9.47 Å². The van der Waals surface area contributed by atoms with Gasteiger partial charge < -0.3 is 14.4 Å². The molecule has 7 heteroatoms. The molecule has 1 amide bonds. The molecule has 0 bridgehead atoms. The standard InChI is InChI=1S/C21H21N3O4/c1-13-16(12-25)24-10-6-9-17(20(24)22-13)27-19-15-8-5-4-7-14(15)11-18(19)28-21(26)23(2)3/h4-10,12,18-19H,11H2,1-3H3. The number of ether oxygens (including phenoxy) is 2. The van der Waals surface area contributed by atoms with Crippen LogP contribution < -0.4 is 4.74 Å². The van der Waals surface area contributed by atoms with Gasteiger partial charge in [-0.3, -0.25) is 9.20 Å². The third-order valence-electron chi connectivity index (χ3n) is 4.94. The van der Waals surface area contributed by atoms with E-state index >= 15 is 0 Å². The molecular formula is C21H21N3O4. The van der Waals surface area contributed by atoms with E-state index < -0.39 is 18.3 Å². The Kier molecular flexibility index (Phi) is 4.50. The van der Waals surface area contributed by atoms with Crippen LogP contribution in [0.4, 0.5) is 4.79 Å². The molecule has 0 aliphatic heterocycles. The van der Waals surface area contributed by atoms with E-state index in [1.54, 1.807) is 37.7 Å². The van der Waals surface area contributed by atoms with Crippen molar-refractivity contribution in [2.45, 2.75) is 25.6 Å². The Morgan fingerprint density at radius 3 is 2.79 bits per heavy atom. The summed E-state index contributed by atoms with van der Waals surface area (Å²) < 4.78 is 13.7. The quantitative estimate of drug-likeness (QED) is 0.651. The highest BCUT2D eigenvalue weighted by atomic mass is 16.6. The van der Waals surface area contributed by atoms with Crippen LogP contribution in [0, 0.1) is 6.92 Å². The molecule has 2 heterocycles. The Labute approximate surface area is 162 Å². The van der Waals surface area contributed by atoms with Crippen LogP contribution in [0.3, 0.4) is 0 Å². The van der Waals surface area contributed by atoms with Crippen molar-refractivity contribution in [1.29, 1.82) is 0 Å². The minimum Gasteiger partial charge on any atom is -0.478 e. The second kappa shape index (κ2) is 6.99. The van der Waals surface area contributed by atoms with Gasteiger partial charge in [0.05, 0.1) is 5.69 Å². The Balaban J connectivity index is 1.73. The smallest absolute Gasteiger partial charge is 0.409 e. The molecule has 3 aromatic rings. The summed E-state index contributed by atoms with van der Waals surface area (Å²) >= 11 is 0. The van der Waals surface area contributed by atoms with Gasteiger partial charge in [-0.25, -0.2) is 9.78 Å². The van der Waals surface area contributed by atoms with Gasteiger partial charge in [0.2, 0.25) is 0 Å². The molecule has 0 saturated heterocycles. The minimum atomic E-state index is -0.456. The predicted molar refractivity (Wildman–Crippen MR) is 103 cm³/mol. The number of imidazole rings is 1. The second-order valence-electron chi connectivity index (χ2n) is 7.02. The van der Waals surface area contributed by atoms with Gasteiger partial charge in [-0.15, -0.1) is 0 Å². The summed E-state index contributed by atoms with van der Waals surface area (Å²) in [4.78, 5) is 29.4. The number of nitrogens with zero attached hydrogens (tertiary/aromatic N) is 3. The number of aromatic nitrogens is 2. The molecule has 7 nitrogen and oxygen atoms in total. The van der Waals surface area contributed by atoms with Crippen molar-refractivity contribution >= 4 is 18.0 Å². The lowest BCUT2D eigenvalue weighted by molar-refractivity contribution is 0.0143. The van der Waals surface area contributed by atoms with E-state index in [1.807, 2.05) is 30.3 Å². The molecule has 0 spiro atoms. The third kappa shape index (κ3) is 2.98. The number of carbonyl (C=O) groups is 2. The molecule has 1 aromatic carbocycles. The highest BCUT2D eigenvalue weighted by Crippen LogP contribution is 2.38. The first-order chi connectivity index (χ1) is 13.5. The van der Waals surface area contributed by atoms with Crippen LogP contribution in [0.1, 0.15) is 33.4 Å². The predicted octanol–water partition coefficient (Wildman–Crippen LogP) is 3.20. The number of aldehydes is 1. The Bertz CT molecular complexity index is 1060. The first-order valence-electron chi connectivity index (χ1n) is 9.05. The SMILES string of the molecule is Cc1nc2c(OC3c4ccccc4CC3OC(=O)N(C)C)cccn2c1C=O. The van der Waals surface area contributed by atoms with Crippen LogP contribution in [-0.2, 0) is 11.2 Å². The van der Waals surface area contributed by atoms with Crippen molar-refractivity contribution in [1.82, 2.24) is 14.3 Å². The molecule has 1 aliphatic rings. The van der Waals surface area contributed by atoms with Gasteiger partial charge in [-0.2, -0.15) is 0 Å². The van der Waals surface area contributed by atoms with E-state index in [0.29, 0.717) is 29.2 Å². The molecular weight excluding hydrogens is 358 g/mol. The summed E-state index contributed by atoms with van der Waals surface area (Å²) in [7, 11) is 3.30. The summed E-state index contributed by atoms with van der Waals surface area (Å²) in [6.45, 7) is 1.78. The van der Waals surface area contributed by atoms with Crippen molar-refractivity contribution in [2.24, 2.45) is 0 Å². The van der Waals surface area contributed by atoms with E-state index in [-0.39, 0.29) is 0 Å². The van der Waals surface area contributed by atoms with Crippen molar-refractivity contribution in [2.75, 3.05) is 14.1 Å². The summed E-state index contributed by atoms with van der Waals surface area (Å²) in [5.74, 6) is 0.534. The lowest BCUT2D eigenvalue weighted by Crippen LogP contribution is -2.32. The molecule has 2 unspecified atom stereocenters. The molecule has 1 aliphatic carbocycles. The molecule has 0 saturated carbocycles. The number of carbonyl (C=O) groups excluding carboxylic acids is 2. The number of amides is 1. The van der Waals surface area contributed by atoms with Gasteiger partial charge >= 0.3 is 6.09 Å². The maximum Gasteiger partial charge on any atom is 0.409 e. The summed E-state index contributed by atoms with van der Waals surface area (Å²) in [5.41, 5.74) is 3.75. The van der Waals surface area contributed by atoms with Crippen molar-refractivity contribution in [3.8, 4) is 5.75 Å². The zero-order valence-electron chi connectivity index (χ0n) is 16.0. The van der Waals surface area contributed by atoms with Gasteiger partial charge in [-0.1, -0.05) is 24.3 Å². The molecule has 2 aromatic heterocycles. The second-order valence-corrected chi connectivity index (χ2v) is 7.02. The van der Waals surface area contributed by atoms with Crippen LogP contribution in [0.15, 0.2) is 42.6 Å². The fraction of sp³-hybridized carbons (Fsp3) is 0.286. The molecule has 0 N–H and O–H groups in total. The lowest BCUT2D eigenvalue weighted by Gasteiger charge is -2.24. The Morgan fingerprint density at radius 1 is 1.25 bits per heavy atom. The maximum atomic E-state index is 12.1. The van der Waals surface area contributed by atoms with Gasteiger partial charge in [-0.05, 0) is 30.2 Å². The molecule has 144 valence electrons. The highest BCUT2D eigenvalue weighted by molar-refractivity contribution is 5.77. The molecule has 0 radical (unpaired) electrons. The lowest BCUT2D eigenvalue weighted by atomic mass is 10.1. The number of hydrogen-bond acceptors (Lipinski definition) is 5. The van der Waals surface area contributed by atoms with E-state index in [1.165, 1.54) is 4.90 Å². The Hall–Kier alpha value is -3.35. The maximum absolute atomic E-state index is 12.1. The third-order valence-corrected chi connectivity index (χ3v) is 4.94. The van der Waals surface area contributed by atoms with Crippen LogP contribution in [-0.4, -0.2) is 46.9 Å². The van der Waals surface area contributed by atoms with Crippen LogP contribution in [0.25, 0.3) is 5.65 Å². The van der Waals surface area contributed by atoms with Crippen molar-refractivity contribution in [3.63, 3.8) is 0 Å². The summed E-state index contributed by atoms with van der Waals surface area (Å²) in [6.07, 6.45) is 1.82. The van der Waals surface area contributed by atoms with Crippen molar-refractivity contribution < 1.29 is 19.1 Å². The largest absolute Gasteiger partial charge is 0.478 e. The fourth-order valence-corrected chi connectivity index (χ4v) is 3.54. The van der Waals surface area contributed by atoms with Gasteiger partial charge in [0, 0.05) is 26.7 Å². The van der Waals surface area contributed by atoms with Crippen LogP contribution in [0.5, 0.6) is 5.75 Å². The first-order valence-corrected chi connectivity index (χ1v) is 9.05. The number of aryl methyl sites for hydroxylation is 1. The molecule has 28 heavy (non-hydrogen) atoms.